The lowest BCUT2D eigenvalue weighted by atomic mass is 10.1. The van der Waals surface area contributed by atoms with Gasteiger partial charge in [0.1, 0.15) is 0 Å². The minimum absolute atomic E-state index is 0.916. The molecule has 0 radical (unpaired) electrons. The van der Waals surface area contributed by atoms with E-state index in [9.17, 15) is 0 Å². The van der Waals surface area contributed by atoms with Gasteiger partial charge in [-0.3, -0.25) is 10.8 Å². The zero-order chi connectivity index (χ0) is 10.8. The van der Waals surface area contributed by atoms with E-state index in [1.54, 1.807) is 0 Å². The SMILES string of the molecule is CCc1cc(NN)c2cccc(C)c2n1. The monoisotopic (exact) mass is 201 g/mol. The largest absolute Gasteiger partial charge is 0.323 e. The molecule has 0 aliphatic rings. The van der Waals surface area contributed by atoms with E-state index in [0.29, 0.717) is 0 Å². The highest BCUT2D eigenvalue weighted by atomic mass is 15.2. The number of nitrogen functional groups attached to an aromatic ring is 1. The Balaban J connectivity index is 2.80. The van der Waals surface area contributed by atoms with Gasteiger partial charge in [0.25, 0.3) is 0 Å². The molecular formula is C12H15N3. The summed E-state index contributed by atoms with van der Waals surface area (Å²) in [6.45, 7) is 4.15. The first kappa shape index (κ1) is 9.93. The standard InChI is InChI=1S/C12H15N3/c1-3-9-7-11(15-13)10-6-4-5-8(2)12(10)14-9/h4-7H,3,13H2,1-2H3,(H,14,15). The molecule has 2 aromatic rings. The van der Waals surface area contributed by atoms with Crippen LogP contribution in [0.3, 0.4) is 0 Å². The maximum Gasteiger partial charge on any atom is 0.0755 e. The van der Waals surface area contributed by atoms with Crippen LogP contribution in [0.1, 0.15) is 18.2 Å². The molecule has 3 heteroatoms. The lowest BCUT2D eigenvalue weighted by molar-refractivity contribution is 1.05. The molecule has 1 heterocycles. The Morgan fingerprint density at radius 3 is 2.87 bits per heavy atom. The van der Waals surface area contributed by atoms with E-state index in [2.05, 4.69) is 30.3 Å². The highest BCUT2D eigenvalue weighted by Crippen LogP contribution is 2.24. The number of aromatic nitrogens is 1. The van der Waals surface area contributed by atoms with Gasteiger partial charge < -0.3 is 5.43 Å². The Hall–Kier alpha value is -1.61. The minimum Gasteiger partial charge on any atom is -0.323 e. The van der Waals surface area contributed by atoms with Gasteiger partial charge in [-0.25, -0.2) is 0 Å². The van der Waals surface area contributed by atoms with Crippen LogP contribution in [0.2, 0.25) is 0 Å². The average molecular weight is 201 g/mol. The first-order valence-corrected chi connectivity index (χ1v) is 5.12. The molecule has 0 spiro atoms. The van der Waals surface area contributed by atoms with Crippen molar-refractivity contribution in [1.29, 1.82) is 0 Å². The summed E-state index contributed by atoms with van der Waals surface area (Å²) in [5.41, 5.74) is 6.95. The molecular weight excluding hydrogens is 186 g/mol. The molecule has 0 aliphatic heterocycles. The van der Waals surface area contributed by atoms with Crippen LogP contribution in [-0.4, -0.2) is 4.98 Å². The van der Waals surface area contributed by atoms with Gasteiger partial charge in [-0.05, 0) is 25.0 Å². The van der Waals surface area contributed by atoms with Gasteiger partial charge >= 0.3 is 0 Å². The topological polar surface area (TPSA) is 50.9 Å². The van der Waals surface area contributed by atoms with Crippen molar-refractivity contribution in [3.63, 3.8) is 0 Å². The number of hydrogen-bond acceptors (Lipinski definition) is 3. The number of para-hydroxylation sites is 1. The summed E-state index contributed by atoms with van der Waals surface area (Å²) in [5.74, 6) is 5.51. The molecule has 0 amide bonds. The Kier molecular flexibility index (Phi) is 2.56. The molecule has 1 aromatic heterocycles. The normalized spacial score (nSPS) is 10.6. The Bertz CT molecular complexity index is 491. The smallest absolute Gasteiger partial charge is 0.0755 e. The number of hydrazine groups is 1. The number of pyridine rings is 1. The zero-order valence-electron chi connectivity index (χ0n) is 9.04. The van der Waals surface area contributed by atoms with Crippen LogP contribution in [0.5, 0.6) is 0 Å². The van der Waals surface area contributed by atoms with Crippen molar-refractivity contribution >= 4 is 16.6 Å². The zero-order valence-corrected chi connectivity index (χ0v) is 9.04. The fraction of sp³-hybridized carbons (Fsp3) is 0.250. The first-order chi connectivity index (χ1) is 7.26. The number of anilines is 1. The van der Waals surface area contributed by atoms with Crippen molar-refractivity contribution < 1.29 is 0 Å². The maximum atomic E-state index is 5.51. The Morgan fingerprint density at radius 1 is 1.40 bits per heavy atom. The van der Waals surface area contributed by atoms with Crippen LogP contribution in [-0.2, 0) is 6.42 Å². The van der Waals surface area contributed by atoms with Crippen molar-refractivity contribution in [2.24, 2.45) is 5.84 Å². The number of nitrogens with two attached hydrogens (primary N) is 1. The van der Waals surface area contributed by atoms with Crippen LogP contribution in [0, 0.1) is 6.92 Å². The van der Waals surface area contributed by atoms with Crippen LogP contribution < -0.4 is 11.3 Å². The molecule has 3 N–H and O–H groups in total. The molecule has 0 fully saturated rings. The number of nitrogens with zero attached hydrogens (tertiary/aromatic N) is 1. The lowest BCUT2D eigenvalue weighted by Crippen LogP contribution is -2.08. The van der Waals surface area contributed by atoms with E-state index in [-0.39, 0.29) is 0 Å². The highest BCUT2D eigenvalue weighted by molar-refractivity contribution is 5.93. The summed E-state index contributed by atoms with van der Waals surface area (Å²) >= 11 is 0. The van der Waals surface area contributed by atoms with E-state index in [0.717, 1.165) is 28.7 Å². The predicted octanol–water partition coefficient (Wildman–Crippen LogP) is 2.39. The molecule has 0 aliphatic carbocycles. The quantitative estimate of drug-likeness (QED) is 0.579. The number of fused-ring (bicyclic) bond motifs is 1. The van der Waals surface area contributed by atoms with E-state index >= 15 is 0 Å². The number of nitrogens with one attached hydrogen (secondary N) is 1. The molecule has 0 saturated carbocycles. The first-order valence-electron chi connectivity index (χ1n) is 5.12. The molecule has 0 saturated heterocycles. The molecule has 2 rings (SSSR count). The molecule has 0 bridgehead atoms. The second-order valence-corrected chi connectivity index (χ2v) is 3.63. The molecule has 78 valence electrons. The van der Waals surface area contributed by atoms with Crippen molar-refractivity contribution in [3.05, 3.63) is 35.5 Å². The maximum absolute atomic E-state index is 5.51. The molecule has 0 atom stereocenters. The number of aryl methyl sites for hydroxylation is 2. The fourth-order valence-corrected chi connectivity index (χ4v) is 1.75. The summed E-state index contributed by atoms with van der Waals surface area (Å²) in [6.07, 6.45) is 0.916. The second-order valence-electron chi connectivity index (χ2n) is 3.63. The van der Waals surface area contributed by atoms with Crippen LogP contribution in [0.15, 0.2) is 24.3 Å². The summed E-state index contributed by atoms with van der Waals surface area (Å²) in [7, 11) is 0. The highest BCUT2D eigenvalue weighted by Gasteiger charge is 2.05. The Labute approximate surface area is 89.3 Å². The number of rotatable bonds is 2. The van der Waals surface area contributed by atoms with Gasteiger partial charge in [-0.2, -0.15) is 0 Å². The van der Waals surface area contributed by atoms with Gasteiger partial charge in [0.15, 0.2) is 0 Å². The van der Waals surface area contributed by atoms with E-state index in [4.69, 9.17) is 5.84 Å². The third-order valence-corrected chi connectivity index (χ3v) is 2.61. The van der Waals surface area contributed by atoms with E-state index < -0.39 is 0 Å². The summed E-state index contributed by atoms with van der Waals surface area (Å²) < 4.78 is 0. The average Bonchev–Trinajstić information content (AvgIpc) is 2.28. The van der Waals surface area contributed by atoms with Gasteiger partial charge in [-0.1, -0.05) is 25.1 Å². The lowest BCUT2D eigenvalue weighted by Gasteiger charge is -2.09. The molecule has 3 nitrogen and oxygen atoms in total. The summed E-state index contributed by atoms with van der Waals surface area (Å²) in [6, 6.07) is 8.12. The van der Waals surface area contributed by atoms with Gasteiger partial charge in [-0.15, -0.1) is 0 Å². The fourth-order valence-electron chi connectivity index (χ4n) is 1.75. The Morgan fingerprint density at radius 2 is 2.20 bits per heavy atom. The number of hydrogen-bond donors (Lipinski definition) is 2. The summed E-state index contributed by atoms with van der Waals surface area (Å²) in [5, 5.41) is 1.08. The summed E-state index contributed by atoms with van der Waals surface area (Å²) in [4.78, 5) is 4.61. The molecule has 15 heavy (non-hydrogen) atoms. The van der Waals surface area contributed by atoms with Crippen molar-refractivity contribution in [2.45, 2.75) is 20.3 Å². The molecule has 1 aromatic carbocycles. The predicted molar refractivity (Wildman–Crippen MR) is 63.7 cm³/mol. The van der Waals surface area contributed by atoms with E-state index in [1.165, 1.54) is 5.56 Å². The third kappa shape index (κ3) is 1.66. The van der Waals surface area contributed by atoms with Gasteiger partial charge in [0, 0.05) is 11.1 Å². The third-order valence-electron chi connectivity index (χ3n) is 2.61. The van der Waals surface area contributed by atoms with Crippen LogP contribution in [0.4, 0.5) is 5.69 Å². The minimum atomic E-state index is 0.916. The van der Waals surface area contributed by atoms with Crippen molar-refractivity contribution in [1.82, 2.24) is 4.98 Å². The second kappa shape index (κ2) is 3.87. The van der Waals surface area contributed by atoms with Crippen LogP contribution >= 0.6 is 0 Å². The van der Waals surface area contributed by atoms with Crippen molar-refractivity contribution in [3.8, 4) is 0 Å². The molecule has 0 unspecified atom stereocenters. The van der Waals surface area contributed by atoms with Crippen LogP contribution in [0.25, 0.3) is 10.9 Å². The van der Waals surface area contributed by atoms with Gasteiger partial charge in [0.05, 0.1) is 11.2 Å². The van der Waals surface area contributed by atoms with E-state index in [1.807, 2.05) is 18.2 Å². The van der Waals surface area contributed by atoms with Crippen molar-refractivity contribution in [2.75, 3.05) is 5.43 Å². The number of benzene rings is 1. The van der Waals surface area contributed by atoms with Gasteiger partial charge in [0.2, 0.25) is 0 Å².